The van der Waals surface area contributed by atoms with E-state index < -0.39 is 0 Å². The summed E-state index contributed by atoms with van der Waals surface area (Å²) >= 11 is 2.37. The van der Waals surface area contributed by atoms with Crippen LogP contribution in [-0.4, -0.2) is 0 Å². The molecular formula is C7H13I. The molecule has 0 radical (unpaired) electrons. The summed E-state index contributed by atoms with van der Waals surface area (Å²) in [6.45, 7) is 8.73. The van der Waals surface area contributed by atoms with E-state index in [9.17, 15) is 0 Å². The first-order chi connectivity index (χ1) is 3.48. The molecule has 0 saturated heterocycles. The van der Waals surface area contributed by atoms with Gasteiger partial charge in [-0.1, -0.05) is 26.8 Å². The molecule has 0 aliphatic heterocycles. The van der Waals surface area contributed by atoms with Crippen LogP contribution in [0.3, 0.4) is 0 Å². The van der Waals surface area contributed by atoms with Crippen LogP contribution in [0.15, 0.2) is 9.66 Å². The van der Waals surface area contributed by atoms with Crippen LogP contribution in [0.25, 0.3) is 0 Å². The molecule has 48 valence electrons. The predicted octanol–water partition coefficient (Wildman–Crippen LogP) is 3.37. The molecule has 0 nitrogen and oxygen atoms in total. The van der Waals surface area contributed by atoms with Gasteiger partial charge in [-0.2, -0.15) is 0 Å². The van der Waals surface area contributed by atoms with Crippen LogP contribution >= 0.6 is 22.6 Å². The summed E-state index contributed by atoms with van der Waals surface area (Å²) in [5.74, 6) is 0. The summed E-state index contributed by atoms with van der Waals surface area (Å²) in [6, 6.07) is 0. The molecule has 0 spiro atoms. The molecule has 0 aromatic heterocycles. The van der Waals surface area contributed by atoms with Crippen LogP contribution in [0.1, 0.15) is 27.7 Å². The first-order valence-corrected chi connectivity index (χ1v) is 3.88. The van der Waals surface area contributed by atoms with E-state index in [4.69, 9.17) is 0 Å². The average Bonchev–Trinajstić information content (AvgIpc) is 1.62. The summed E-state index contributed by atoms with van der Waals surface area (Å²) in [5, 5.41) is 0. The van der Waals surface area contributed by atoms with Crippen LogP contribution < -0.4 is 0 Å². The van der Waals surface area contributed by atoms with Gasteiger partial charge in [0, 0.05) is 0 Å². The Kier molecular flexibility index (Phi) is 3.02. The smallest absolute Gasteiger partial charge is 0.00772 e. The SMILES string of the molecule is C/C=C(\I)C(C)(C)C. The molecule has 0 heterocycles. The molecule has 0 aliphatic rings. The van der Waals surface area contributed by atoms with E-state index in [2.05, 4.69) is 56.4 Å². The summed E-state index contributed by atoms with van der Waals surface area (Å²) in [6.07, 6.45) is 2.15. The third-order valence-electron chi connectivity index (χ3n) is 0.970. The Morgan fingerprint density at radius 2 is 1.75 bits per heavy atom. The van der Waals surface area contributed by atoms with Crippen molar-refractivity contribution in [2.24, 2.45) is 5.41 Å². The maximum Gasteiger partial charge on any atom is -0.00772 e. The summed E-state index contributed by atoms with van der Waals surface area (Å²) in [7, 11) is 0. The van der Waals surface area contributed by atoms with Crippen molar-refractivity contribution >= 4 is 22.6 Å². The molecule has 1 heteroatoms. The Morgan fingerprint density at radius 1 is 1.38 bits per heavy atom. The zero-order valence-corrected chi connectivity index (χ0v) is 8.11. The fourth-order valence-corrected chi connectivity index (χ4v) is 0.433. The highest BCUT2D eigenvalue weighted by molar-refractivity contribution is 14.1. The van der Waals surface area contributed by atoms with Gasteiger partial charge in [0.25, 0.3) is 0 Å². The Balaban J connectivity index is 4.03. The predicted molar refractivity (Wildman–Crippen MR) is 47.2 cm³/mol. The van der Waals surface area contributed by atoms with Gasteiger partial charge in [-0.25, -0.2) is 0 Å². The number of halogens is 1. The van der Waals surface area contributed by atoms with Crippen molar-refractivity contribution in [2.75, 3.05) is 0 Å². The van der Waals surface area contributed by atoms with E-state index in [1.54, 1.807) is 0 Å². The maximum atomic E-state index is 2.37. The molecule has 0 saturated carbocycles. The fourth-order valence-electron chi connectivity index (χ4n) is 0.433. The first kappa shape index (κ1) is 8.47. The lowest BCUT2D eigenvalue weighted by Crippen LogP contribution is -2.03. The summed E-state index contributed by atoms with van der Waals surface area (Å²) in [4.78, 5) is 0. The van der Waals surface area contributed by atoms with Gasteiger partial charge in [0.2, 0.25) is 0 Å². The Hall–Kier alpha value is 0.470. The minimum atomic E-state index is 0.356. The van der Waals surface area contributed by atoms with Crippen LogP contribution in [0, 0.1) is 5.41 Å². The number of hydrogen-bond donors (Lipinski definition) is 0. The van der Waals surface area contributed by atoms with Crippen molar-refractivity contribution < 1.29 is 0 Å². The highest BCUT2D eigenvalue weighted by Crippen LogP contribution is 2.29. The zero-order chi connectivity index (χ0) is 6.78. The molecule has 0 rings (SSSR count). The zero-order valence-electron chi connectivity index (χ0n) is 5.96. The Bertz CT molecular complexity index is 95.4. The minimum absolute atomic E-state index is 0.356. The standard InChI is InChI=1S/C7H13I/c1-5-6(8)7(2,3)4/h5H,1-4H3/b6-5-. The van der Waals surface area contributed by atoms with Gasteiger partial charge in [0.15, 0.2) is 0 Å². The number of allylic oxidation sites excluding steroid dienone is 2. The van der Waals surface area contributed by atoms with Crippen LogP contribution in [0.5, 0.6) is 0 Å². The second kappa shape index (κ2) is 2.85. The largest absolute Gasteiger partial charge is 0.0778 e. The minimum Gasteiger partial charge on any atom is -0.0778 e. The van der Waals surface area contributed by atoms with Gasteiger partial charge in [-0.15, -0.1) is 0 Å². The molecule has 0 bridgehead atoms. The van der Waals surface area contributed by atoms with Crippen molar-refractivity contribution in [3.63, 3.8) is 0 Å². The lowest BCUT2D eigenvalue weighted by molar-refractivity contribution is 0.538. The van der Waals surface area contributed by atoms with E-state index in [0.717, 1.165) is 0 Å². The third kappa shape index (κ3) is 2.70. The van der Waals surface area contributed by atoms with Gasteiger partial charge in [-0.3, -0.25) is 0 Å². The topological polar surface area (TPSA) is 0 Å². The van der Waals surface area contributed by atoms with Gasteiger partial charge >= 0.3 is 0 Å². The Morgan fingerprint density at radius 3 is 1.75 bits per heavy atom. The van der Waals surface area contributed by atoms with Crippen LogP contribution in [0.4, 0.5) is 0 Å². The Labute approximate surface area is 65.5 Å². The van der Waals surface area contributed by atoms with Crippen molar-refractivity contribution in [3.8, 4) is 0 Å². The molecule has 8 heavy (non-hydrogen) atoms. The lowest BCUT2D eigenvalue weighted by atomic mass is 9.97. The van der Waals surface area contributed by atoms with Crippen molar-refractivity contribution in [1.82, 2.24) is 0 Å². The maximum absolute atomic E-state index is 2.37. The highest BCUT2D eigenvalue weighted by atomic mass is 127. The van der Waals surface area contributed by atoms with E-state index in [1.165, 1.54) is 3.58 Å². The normalized spacial score (nSPS) is 14.4. The molecule has 0 amide bonds. The van der Waals surface area contributed by atoms with E-state index in [1.807, 2.05) is 0 Å². The summed E-state index contributed by atoms with van der Waals surface area (Å²) < 4.78 is 1.43. The molecule has 0 atom stereocenters. The molecule has 0 aromatic rings. The van der Waals surface area contributed by atoms with E-state index >= 15 is 0 Å². The quantitative estimate of drug-likeness (QED) is 0.553. The molecule has 0 fully saturated rings. The molecule has 0 N–H and O–H groups in total. The molecule has 0 aromatic carbocycles. The average molecular weight is 224 g/mol. The summed E-state index contributed by atoms with van der Waals surface area (Å²) in [5.41, 5.74) is 0.356. The molecule has 0 unspecified atom stereocenters. The van der Waals surface area contributed by atoms with Crippen molar-refractivity contribution in [2.45, 2.75) is 27.7 Å². The van der Waals surface area contributed by atoms with Gasteiger partial charge in [-0.05, 0) is 38.5 Å². The lowest BCUT2D eigenvalue weighted by Gasteiger charge is -2.16. The second-order valence-corrected chi connectivity index (χ2v) is 4.05. The fraction of sp³-hybridized carbons (Fsp3) is 0.714. The second-order valence-electron chi connectivity index (χ2n) is 2.89. The first-order valence-electron chi connectivity index (χ1n) is 2.81. The number of hydrogen-bond acceptors (Lipinski definition) is 0. The molecular weight excluding hydrogens is 211 g/mol. The third-order valence-corrected chi connectivity index (χ3v) is 3.21. The van der Waals surface area contributed by atoms with Gasteiger partial charge < -0.3 is 0 Å². The van der Waals surface area contributed by atoms with Gasteiger partial charge in [0.1, 0.15) is 0 Å². The van der Waals surface area contributed by atoms with E-state index in [0.29, 0.717) is 5.41 Å². The highest BCUT2D eigenvalue weighted by Gasteiger charge is 2.11. The van der Waals surface area contributed by atoms with E-state index in [-0.39, 0.29) is 0 Å². The van der Waals surface area contributed by atoms with Gasteiger partial charge in [0.05, 0.1) is 0 Å². The van der Waals surface area contributed by atoms with Crippen molar-refractivity contribution in [3.05, 3.63) is 9.66 Å². The number of rotatable bonds is 0. The van der Waals surface area contributed by atoms with Crippen LogP contribution in [0.2, 0.25) is 0 Å². The van der Waals surface area contributed by atoms with Crippen LogP contribution in [-0.2, 0) is 0 Å². The monoisotopic (exact) mass is 224 g/mol. The molecule has 0 aliphatic carbocycles. The van der Waals surface area contributed by atoms with Crippen molar-refractivity contribution in [1.29, 1.82) is 0 Å².